The summed E-state index contributed by atoms with van der Waals surface area (Å²) in [6.45, 7) is 12.9. The highest BCUT2D eigenvalue weighted by Gasteiger charge is 2.18. The molecule has 0 heterocycles. The van der Waals surface area contributed by atoms with E-state index >= 15 is 0 Å². The predicted octanol–water partition coefficient (Wildman–Crippen LogP) is 16.3. The number of Topliss-reactive ketones (excluding diaryl/α,β-unsaturated/α-hetero) is 2. The first-order chi connectivity index (χ1) is 27.5. The number of carbonyl (C=O) groups is 2. The number of carbonyl (C=O) groups excluding carboxylic acids is 2. The van der Waals surface area contributed by atoms with Crippen molar-refractivity contribution in [1.29, 1.82) is 0 Å². The van der Waals surface area contributed by atoms with E-state index in [0.717, 1.165) is 70.8 Å². The molecule has 2 atom stereocenters. The Hall–Kier alpha value is -0.740. The van der Waals surface area contributed by atoms with Crippen LogP contribution in [0.1, 0.15) is 285 Å². The largest absolute Gasteiger partial charge is 0.396 e. The van der Waals surface area contributed by atoms with Crippen LogP contribution in [0.25, 0.3) is 0 Å². The first-order valence-corrected chi connectivity index (χ1v) is 25.9. The van der Waals surface area contributed by atoms with Gasteiger partial charge in [-0.3, -0.25) is 9.59 Å². The van der Waals surface area contributed by atoms with Crippen LogP contribution in [0.15, 0.2) is 0 Å². The van der Waals surface area contributed by atoms with E-state index in [2.05, 4.69) is 32.6 Å². The van der Waals surface area contributed by atoms with E-state index in [4.69, 9.17) is 0 Å². The Kier molecular flexibility index (Phi) is 44.7. The zero-order valence-electron chi connectivity index (χ0n) is 39.0. The third-order valence-electron chi connectivity index (χ3n) is 12.7. The van der Waals surface area contributed by atoms with Crippen LogP contribution in [0.4, 0.5) is 0 Å². The topological polar surface area (TPSA) is 57.6 Å². The van der Waals surface area contributed by atoms with E-state index in [0.29, 0.717) is 30.0 Å². The van der Waals surface area contributed by atoms with Crippen molar-refractivity contribution in [3.05, 3.63) is 0 Å². The molecule has 0 spiro atoms. The van der Waals surface area contributed by atoms with Gasteiger partial charge in [-0.2, -0.15) is 0 Å². The van der Waals surface area contributed by atoms with E-state index in [-0.39, 0.29) is 0 Å². The summed E-state index contributed by atoms with van der Waals surface area (Å²) in [5.74, 6) is 1.79. The lowest BCUT2D eigenvalue weighted by Gasteiger charge is -2.22. The first-order valence-electron chi connectivity index (χ1n) is 25.9. The molecule has 0 aromatic rings. The van der Waals surface area contributed by atoms with E-state index in [9.17, 15) is 14.7 Å². The van der Waals surface area contributed by atoms with Gasteiger partial charge in [0.15, 0.2) is 0 Å². The lowest BCUT2D eigenvalue weighted by Crippen LogP contribution is -2.27. The van der Waals surface area contributed by atoms with Gasteiger partial charge in [-0.25, -0.2) is 0 Å². The number of hydrogen-bond donors (Lipinski definition) is 1. The molecule has 0 saturated carbocycles. The molecular weight excluding hydrogens is 687 g/mol. The highest BCUT2D eigenvalue weighted by atomic mass is 16.3. The summed E-state index contributed by atoms with van der Waals surface area (Å²) in [6, 6.07) is 0. The van der Waals surface area contributed by atoms with Gasteiger partial charge in [0.05, 0.1) is 0 Å². The number of ketones is 2. The zero-order chi connectivity index (χ0) is 41.0. The summed E-state index contributed by atoms with van der Waals surface area (Å²) in [6.07, 6.45) is 49.0. The molecular formula is C52H103NO3. The lowest BCUT2D eigenvalue weighted by molar-refractivity contribution is -0.124. The van der Waals surface area contributed by atoms with Crippen LogP contribution >= 0.6 is 0 Å². The van der Waals surface area contributed by atoms with Crippen molar-refractivity contribution in [2.45, 2.75) is 285 Å². The summed E-state index contributed by atoms with van der Waals surface area (Å²) in [5, 5.41) is 9.35. The highest BCUT2D eigenvalue weighted by molar-refractivity contribution is 5.81. The molecule has 0 aromatic heterocycles. The molecule has 0 rings (SSSR count). The minimum atomic E-state index is 0.302. The Bertz CT molecular complexity index is 739. The van der Waals surface area contributed by atoms with Crippen molar-refractivity contribution in [2.75, 3.05) is 26.2 Å². The second kappa shape index (κ2) is 45.3. The molecule has 334 valence electrons. The highest BCUT2D eigenvalue weighted by Crippen LogP contribution is 2.24. The van der Waals surface area contributed by atoms with Crippen LogP contribution in [0.5, 0.6) is 0 Å². The van der Waals surface area contributed by atoms with Crippen molar-refractivity contribution >= 4 is 11.6 Å². The van der Waals surface area contributed by atoms with Gasteiger partial charge in [0.1, 0.15) is 11.6 Å². The molecule has 0 bridgehead atoms. The quantitative estimate of drug-likeness (QED) is 0.0624. The van der Waals surface area contributed by atoms with Gasteiger partial charge < -0.3 is 10.0 Å². The number of hydrogen-bond acceptors (Lipinski definition) is 4. The molecule has 0 fully saturated rings. The standard InChI is InChI=1S/C52H103NO3/c1-5-9-13-17-23-31-41-49(39-29-15-11-7-3)51(55)43-33-25-19-21-27-35-45-53(47-37-38-48-54)46-36-28-22-20-26-34-44-52(56)50(40-30-16-12-8-4)42-32-24-18-14-10-6-2/h49-50,54H,5-48H2,1-4H3. The maximum absolute atomic E-state index is 13.2. The number of unbranched alkanes of at least 4 members (excludes halogenated alkanes) is 27. The molecule has 4 nitrogen and oxygen atoms in total. The maximum atomic E-state index is 13.2. The molecule has 56 heavy (non-hydrogen) atoms. The number of rotatable bonds is 48. The third-order valence-corrected chi connectivity index (χ3v) is 12.7. The van der Waals surface area contributed by atoms with Crippen LogP contribution in [0, 0.1) is 11.8 Å². The molecule has 2 unspecified atom stereocenters. The molecule has 0 amide bonds. The summed E-state index contributed by atoms with van der Waals surface area (Å²) < 4.78 is 0. The Morgan fingerprint density at radius 3 is 0.911 bits per heavy atom. The van der Waals surface area contributed by atoms with Crippen molar-refractivity contribution in [3.8, 4) is 0 Å². The minimum absolute atomic E-state index is 0.302. The Morgan fingerprint density at radius 1 is 0.339 bits per heavy atom. The second-order valence-corrected chi connectivity index (χ2v) is 18.2. The zero-order valence-corrected chi connectivity index (χ0v) is 39.0. The normalized spacial score (nSPS) is 12.8. The van der Waals surface area contributed by atoms with Crippen LogP contribution < -0.4 is 0 Å². The molecule has 4 heteroatoms. The summed E-state index contributed by atoms with van der Waals surface area (Å²) >= 11 is 0. The first kappa shape index (κ1) is 55.3. The van der Waals surface area contributed by atoms with Crippen LogP contribution in [-0.2, 0) is 9.59 Å². The van der Waals surface area contributed by atoms with Crippen LogP contribution in [0.2, 0.25) is 0 Å². The number of aliphatic hydroxyl groups is 1. The monoisotopic (exact) mass is 790 g/mol. The van der Waals surface area contributed by atoms with Crippen LogP contribution in [0.3, 0.4) is 0 Å². The minimum Gasteiger partial charge on any atom is -0.396 e. The van der Waals surface area contributed by atoms with Gasteiger partial charge in [-0.15, -0.1) is 0 Å². The summed E-state index contributed by atoms with van der Waals surface area (Å²) in [5.41, 5.74) is 0. The number of nitrogens with zero attached hydrogens (tertiary/aromatic N) is 1. The van der Waals surface area contributed by atoms with Gasteiger partial charge in [0.25, 0.3) is 0 Å². The second-order valence-electron chi connectivity index (χ2n) is 18.2. The van der Waals surface area contributed by atoms with Crippen molar-refractivity contribution in [3.63, 3.8) is 0 Å². The fourth-order valence-corrected chi connectivity index (χ4v) is 8.78. The molecule has 0 aliphatic heterocycles. The fourth-order valence-electron chi connectivity index (χ4n) is 8.78. The van der Waals surface area contributed by atoms with Gasteiger partial charge >= 0.3 is 0 Å². The molecule has 0 aromatic carbocycles. The Balaban J connectivity index is 4.27. The van der Waals surface area contributed by atoms with Gasteiger partial charge in [-0.1, -0.05) is 207 Å². The van der Waals surface area contributed by atoms with E-state index in [1.165, 1.54) is 206 Å². The average molecular weight is 790 g/mol. The van der Waals surface area contributed by atoms with E-state index < -0.39 is 0 Å². The Labute approximate surface area is 352 Å². The van der Waals surface area contributed by atoms with Crippen molar-refractivity contribution in [2.24, 2.45) is 11.8 Å². The molecule has 0 radical (unpaired) electrons. The Morgan fingerprint density at radius 2 is 0.589 bits per heavy atom. The van der Waals surface area contributed by atoms with Gasteiger partial charge in [-0.05, 0) is 83.8 Å². The maximum Gasteiger partial charge on any atom is 0.135 e. The van der Waals surface area contributed by atoms with E-state index in [1.807, 2.05) is 0 Å². The molecule has 0 saturated heterocycles. The average Bonchev–Trinajstić information content (AvgIpc) is 3.20. The third kappa shape index (κ3) is 37.5. The van der Waals surface area contributed by atoms with Crippen LogP contribution in [-0.4, -0.2) is 47.8 Å². The van der Waals surface area contributed by atoms with E-state index in [1.54, 1.807) is 0 Å². The van der Waals surface area contributed by atoms with Crippen molar-refractivity contribution in [1.82, 2.24) is 4.90 Å². The lowest BCUT2D eigenvalue weighted by atomic mass is 9.88. The van der Waals surface area contributed by atoms with Gasteiger partial charge in [0.2, 0.25) is 0 Å². The summed E-state index contributed by atoms with van der Waals surface area (Å²) in [7, 11) is 0. The fraction of sp³-hybridized carbons (Fsp3) is 0.962. The molecule has 1 N–H and O–H groups in total. The SMILES string of the molecule is CCCCCCCCC(CCCCCC)C(=O)CCCCCCCCN(CCCCO)CCCCCCCCC(=O)C(CCCCCC)CCCCCCCC. The molecule has 0 aliphatic carbocycles. The molecule has 0 aliphatic rings. The van der Waals surface area contributed by atoms with Crippen molar-refractivity contribution < 1.29 is 14.7 Å². The number of aliphatic hydroxyl groups excluding tert-OH is 1. The summed E-state index contributed by atoms with van der Waals surface area (Å²) in [4.78, 5) is 29.0. The smallest absolute Gasteiger partial charge is 0.135 e. The predicted molar refractivity (Wildman–Crippen MR) is 248 cm³/mol. The van der Waals surface area contributed by atoms with Gasteiger partial charge in [0, 0.05) is 31.3 Å².